The van der Waals surface area contributed by atoms with E-state index in [4.69, 9.17) is 0 Å². The molecule has 0 bridgehead atoms. The Bertz CT molecular complexity index is 193. The summed E-state index contributed by atoms with van der Waals surface area (Å²) < 4.78 is 4.54. The first kappa shape index (κ1) is 6.66. The Balaban J connectivity index is 2.65. The Labute approximate surface area is 56.9 Å². The van der Waals surface area contributed by atoms with E-state index in [1.165, 1.54) is 0 Å². The van der Waals surface area contributed by atoms with Crippen molar-refractivity contribution in [3.8, 4) is 0 Å². The van der Waals surface area contributed by atoms with Crippen LogP contribution in [-0.2, 0) is 4.74 Å². The largest absolute Gasteiger partial charge is 0.611 e. The van der Waals surface area contributed by atoms with E-state index in [-0.39, 0.29) is 5.82 Å². The van der Waals surface area contributed by atoms with Crippen molar-refractivity contribution < 1.29 is 9.84 Å². The summed E-state index contributed by atoms with van der Waals surface area (Å²) in [7, 11) is 0. The summed E-state index contributed by atoms with van der Waals surface area (Å²) in [5.74, 6) is -0.686. The predicted molar refractivity (Wildman–Crippen MR) is 28.4 cm³/mol. The van der Waals surface area contributed by atoms with E-state index in [2.05, 4.69) is 25.4 Å². The van der Waals surface area contributed by atoms with Crippen LogP contribution in [0.2, 0.25) is 0 Å². The molecule has 0 radical (unpaired) electrons. The van der Waals surface area contributed by atoms with Gasteiger partial charge in [0, 0.05) is 0 Å². The molecule has 54 valence electrons. The summed E-state index contributed by atoms with van der Waals surface area (Å²) in [6.07, 6.45) is 0. The van der Waals surface area contributed by atoms with E-state index < -0.39 is 5.95 Å². The van der Waals surface area contributed by atoms with Crippen LogP contribution in [0, 0.1) is 0 Å². The summed E-state index contributed by atoms with van der Waals surface area (Å²) in [5.41, 5.74) is 0. The van der Waals surface area contributed by atoms with Gasteiger partial charge in [-0.1, -0.05) is 6.92 Å². The molecule has 0 spiro atoms. The molecule has 0 atom stereocenters. The van der Waals surface area contributed by atoms with E-state index in [1.807, 2.05) is 0 Å². The van der Waals surface area contributed by atoms with Gasteiger partial charge in [0.05, 0.1) is 0 Å². The molecule has 1 aliphatic heterocycles. The molecule has 6 nitrogen and oxygen atoms in total. The maximum absolute atomic E-state index is 10.7. The van der Waals surface area contributed by atoms with Crippen LogP contribution in [0.3, 0.4) is 0 Å². The predicted octanol–water partition coefficient (Wildman–Crippen LogP) is 0.343. The minimum Gasteiger partial charge on any atom is -0.611 e. The molecule has 0 unspecified atom stereocenters. The average Bonchev–Trinajstić information content (AvgIpc) is 2.38. The summed E-state index contributed by atoms with van der Waals surface area (Å²) in [6.45, 7) is 2.00. The van der Waals surface area contributed by atoms with Crippen molar-refractivity contribution in [1.82, 2.24) is 0 Å². The van der Waals surface area contributed by atoms with Crippen molar-refractivity contribution in [2.45, 2.75) is 6.92 Å². The summed E-state index contributed by atoms with van der Waals surface area (Å²) >= 11 is 0. The van der Waals surface area contributed by atoms with Crippen molar-refractivity contribution in [2.75, 3.05) is 6.61 Å². The van der Waals surface area contributed by atoms with Gasteiger partial charge in [0.25, 0.3) is 0 Å². The number of ether oxygens (including phenoxy) is 1. The second-order valence-electron chi connectivity index (χ2n) is 1.42. The van der Waals surface area contributed by atoms with Crippen molar-refractivity contribution in [1.29, 1.82) is 0 Å². The highest BCUT2D eigenvalue weighted by molar-refractivity contribution is 4.96. The third-order valence-electron chi connectivity index (χ3n) is 0.777. The van der Waals surface area contributed by atoms with Crippen LogP contribution in [-0.4, -0.2) is 6.61 Å². The second-order valence-corrected chi connectivity index (χ2v) is 1.42. The zero-order valence-corrected chi connectivity index (χ0v) is 5.31. The third kappa shape index (κ3) is 1.28. The minimum atomic E-state index is -0.590. The van der Waals surface area contributed by atoms with Gasteiger partial charge in [0.2, 0.25) is 5.82 Å². The lowest BCUT2D eigenvalue weighted by Crippen LogP contribution is -2.09. The lowest BCUT2D eigenvalue weighted by Gasteiger charge is -2.10. The fourth-order valence-corrected chi connectivity index (χ4v) is 0.422. The summed E-state index contributed by atoms with van der Waals surface area (Å²) in [6, 6.07) is 0. The van der Waals surface area contributed by atoms with E-state index in [1.54, 1.807) is 6.92 Å². The Kier molecular flexibility index (Phi) is 1.93. The molecule has 0 saturated heterocycles. The molecule has 1 rings (SSSR count). The van der Waals surface area contributed by atoms with Crippen LogP contribution in [0.15, 0.2) is 32.4 Å². The number of nitrogens with zero attached hydrogens (tertiary/aromatic N) is 4. The summed E-state index contributed by atoms with van der Waals surface area (Å²) in [4.78, 5) is 0. The molecule has 0 amide bonds. The van der Waals surface area contributed by atoms with Crippen LogP contribution in [0.4, 0.5) is 0 Å². The molecule has 0 saturated carbocycles. The van der Waals surface area contributed by atoms with E-state index >= 15 is 0 Å². The Hall–Kier alpha value is -1.46. The first-order valence-corrected chi connectivity index (χ1v) is 2.70. The van der Waals surface area contributed by atoms with Gasteiger partial charge in [-0.2, -0.15) is 0 Å². The zero-order chi connectivity index (χ0) is 7.40. The molecule has 0 aromatic carbocycles. The Morgan fingerprint density at radius 2 is 2.10 bits per heavy atom. The van der Waals surface area contributed by atoms with Gasteiger partial charge in [0.1, 0.15) is 5.95 Å². The molecule has 0 fully saturated rings. The Morgan fingerprint density at radius 3 is 2.60 bits per heavy atom. The highest BCUT2D eigenvalue weighted by Gasteiger charge is 1.99. The fourth-order valence-electron chi connectivity index (χ4n) is 0.422. The van der Waals surface area contributed by atoms with E-state index in [0.717, 1.165) is 0 Å². The first-order chi connectivity index (χ1) is 4.84. The number of rotatable bonds is 2. The average molecular weight is 141 g/mol. The molecule has 10 heavy (non-hydrogen) atoms. The van der Waals surface area contributed by atoms with Gasteiger partial charge in [0.15, 0.2) is 0 Å². The van der Waals surface area contributed by atoms with E-state index in [0.29, 0.717) is 6.61 Å². The molecule has 1 heterocycles. The third-order valence-corrected chi connectivity index (χ3v) is 0.777. The molecule has 0 N–H and O–H groups in total. The van der Waals surface area contributed by atoms with Crippen molar-refractivity contribution in [3.05, 3.63) is 11.8 Å². The van der Waals surface area contributed by atoms with Gasteiger partial charge < -0.3 is 9.84 Å². The van der Waals surface area contributed by atoms with Crippen LogP contribution >= 0.6 is 0 Å². The van der Waals surface area contributed by atoms with Gasteiger partial charge >= 0.3 is 0 Å². The number of hydrogen-bond acceptors (Lipinski definition) is 6. The molecule has 0 aromatic heterocycles. The Morgan fingerprint density at radius 1 is 1.50 bits per heavy atom. The van der Waals surface area contributed by atoms with Crippen molar-refractivity contribution in [3.63, 3.8) is 0 Å². The number of hydrogen-bond donors (Lipinski definition) is 0. The summed E-state index contributed by atoms with van der Waals surface area (Å²) in [5, 5.41) is 23.5. The molecular weight excluding hydrogens is 136 g/mol. The monoisotopic (exact) mass is 141 g/mol. The van der Waals surface area contributed by atoms with E-state index in [9.17, 15) is 5.11 Å². The standard InChI is InChI=1S/C4H6N4O2/c1-2-10-4(9)3-5-7-8-6-3/h9H,2H2,1H3/p-1. The van der Waals surface area contributed by atoms with Gasteiger partial charge in [-0.3, -0.25) is 0 Å². The van der Waals surface area contributed by atoms with Gasteiger partial charge in [-0.15, -0.1) is 10.2 Å². The fraction of sp³-hybridized carbons (Fsp3) is 0.500. The van der Waals surface area contributed by atoms with Gasteiger partial charge in [-0.25, -0.2) is 0 Å². The topological polar surface area (TPSA) is 81.7 Å². The molecule has 6 heteroatoms. The van der Waals surface area contributed by atoms with Crippen molar-refractivity contribution >= 4 is 0 Å². The smallest absolute Gasteiger partial charge is 0.221 e. The maximum atomic E-state index is 10.7. The highest BCUT2D eigenvalue weighted by Crippen LogP contribution is 2.11. The van der Waals surface area contributed by atoms with Crippen LogP contribution < -0.4 is 5.11 Å². The van der Waals surface area contributed by atoms with Gasteiger partial charge in [-0.05, 0) is 17.1 Å². The minimum absolute atomic E-state index is 0.0955. The zero-order valence-electron chi connectivity index (χ0n) is 5.31. The van der Waals surface area contributed by atoms with Crippen LogP contribution in [0.5, 0.6) is 0 Å². The SMILES string of the molecule is CCOC([O-])=C1N=NN=N1. The first-order valence-electron chi connectivity index (χ1n) is 2.70. The highest BCUT2D eigenvalue weighted by atomic mass is 16.6. The lowest BCUT2D eigenvalue weighted by molar-refractivity contribution is -0.358. The van der Waals surface area contributed by atoms with Crippen LogP contribution in [0.1, 0.15) is 6.92 Å². The second kappa shape index (κ2) is 2.90. The molecule has 1 aliphatic rings. The molecule has 0 aromatic rings. The quantitative estimate of drug-likeness (QED) is 0.519. The molecule has 0 aliphatic carbocycles. The van der Waals surface area contributed by atoms with Crippen molar-refractivity contribution in [2.24, 2.45) is 20.7 Å². The normalized spacial score (nSPS) is 14.3. The molecular formula is C4H5N4O2-. The maximum Gasteiger partial charge on any atom is 0.221 e. The van der Waals surface area contributed by atoms with Crippen LogP contribution in [0.25, 0.3) is 0 Å². The lowest BCUT2D eigenvalue weighted by atomic mass is 10.7.